The van der Waals surface area contributed by atoms with Crippen molar-refractivity contribution in [3.05, 3.63) is 24.2 Å². The highest BCUT2D eigenvalue weighted by Gasteiger charge is 2.43. The molecule has 0 unspecified atom stereocenters. The second-order valence-electron chi connectivity index (χ2n) is 4.64. The van der Waals surface area contributed by atoms with Crippen molar-refractivity contribution in [3.63, 3.8) is 0 Å². The number of nitrogens with zero attached hydrogens (tertiary/aromatic N) is 2. The Balaban J connectivity index is 2.06. The molecule has 1 aliphatic rings. The second-order valence-corrected chi connectivity index (χ2v) is 4.64. The van der Waals surface area contributed by atoms with Crippen molar-refractivity contribution in [1.29, 1.82) is 5.26 Å². The molecule has 1 aromatic rings. The van der Waals surface area contributed by atoms with E-state index in [9.17, 15) is 10.1 Å². The lowest BCUT2D eigenvalue weighted by Gasteiger charge is -2.25. The second kappa shape index (κ2) is 4.62. The van der Waals surface area contributed by atoms with Crippen molar-refractivity contribution in [2.45, 2.75) is 32.2 Å². The molecule has 0 aromatic carbocycles. The zero-order valence-electron chi connectivity index (χ0n) is 9.98. The molecule has 0 aliphatic heterocycles. The lowest BCUT2D eigenvalue weighted by atomic mass is 9.86. The third-order valence-corrected chi connectivity index (χ3v) is 3.40. The van der Waals surface area contributed by atoms with E-state index >= 15 is 0 Å². The van der Waals surface area contributed by atoms with Gasteiger partial charge in [0.05, 0.1) is 18.9 Å². The summed E-state index contributed by atoms with van der Waals surface area (Å²) >= 11 is 0. The molecule has 1 aromatic heterocycles. The molecule has 1 amide bonds. The molecule has 17 heavy (non-hydrogen) atoms. The van der Waals surface area contributed by atoms with E-state index in [2.05, 4.69) is 6.07 Å². The maximum atomic E-state index is 12.3. The van der Waals surface area contributed by atoms with Crippen LogP contribution in [0.15, 0.2) is 22.8 Å². The summed E-state index contributed by atoms with van der Waals surface area (Å²) < 4.78 is 5.21. The number of rotatable bonds is 3. The number of amides is 1. The molecule has 0 spiro atoms. The molecule has 0 saturated heterocycles. The summed E-state index contributed by atoms with van der Waals surface area (Å²) in [5.74, 6) is 0.667. The summed E-state index contributed by atoms with van der Waals surface area (Å²) in [6.45, 7) is 0.426. The van der Waals surface area contributed by atoms with Crippen LogP contribution in [0.1, 0.15) is 31.4 Å². The van der Waals surface area contributed by atoms with Gasteiger partial charge in [-0.05, 0) is 25.0 Å². The SMILES string of the molecule is CN(Cc1ccco1)C(=O)C1(C#N)CCCC1. The highest BCUT2D eigenvalue weighted by Crippen LogP contribution is 2.39. The summed E-state index contributed by atoms with van der Waals surface area (Å²) in [5, 5.41) is 9.24. The van der Waals surface area contributed by atoms with Gasteiger partial charge in [-0.15, -0.1) is 0 Å². The van der Waals surface area contributed by atoms with Crippen LogP contribution in [-0.2, 0) is 11.3 Å². The van der Waals surface area contributed by atoms with Crippen molar-refractivity contribution < 1.29 is 9.21 Å². The molecule has 0 N–H and O–H groups in total. The third kappa shape index (κ3) is 2.19. The molecule has 90 valence electrons. The summed E-state index contributed by atoms with van der Waals surface area (Å²) in [5.41, 5.74) is -0.790. The van der Waals surface area contributed by atoms with Crippen LogP contribution >= 0.6 is 0 Å². The molecule has 0 radical (unpaired) electrons. The first-order valence-corrected chi connectivity index (χ1v) is 5.87. The van der Waals surface area contributed by atoms with Gasteiger partial charge in [-0.25, -0.2) is 0 Å². The van der Waals surface area contributed by atoms with E-state index < -0.39 is 5.41 Å². The smallest absolute Gasteiger partial charge is 0.243 e. The first kappa shape index (κ1) is 11.7. The average Bonchev–Trinajstić information content (AvgIpc) is 2.99. The van der Waals surface area contributed by atoms with Crippen LogP contribution in [0, 0.1) is 16.7 Å². The van der Waals surface area contributed by atoms with Crippen LogP contribution in [0.2, 0.25) is 0 Å². The fourth-order valence-corrected chi connectivity index (χ4v) is 2.43. The normalized spacial score (nSPS) is 17.6. The van der Waals surface area contributed by atoms with Gasteiger partial charge in [0.25, 0.3) is 0 Å². The molecule has 2 rings (SSSR count). The van der Waals surface area contributed by atoms with Gasteiger partial charge in [-0.2, -0.15) is 5.26 Å². The van der Waals surface area contributed by atoms with Gasteiger partial charge in [0.15, 0.2) is 0 Å². The average molecular weight is 232 g/mol. The maximum absolute atomic E-state index is 12.3. The number of hydrogen-bond acceptors (Lipinski definition) is 3. The van der Waals surface area contributed by atoms with Gasteiger partial charge in [0, 0.05) is 7.05 Å². The molecule has 1 saturated carbocycles. The first-order chi connectivity index (χ1) is 8.18. The predicted octanol–water partition coefficient (Wildman–Crippen LogP) is 2.32. The monoisotopic (exact) mass is 232 g/mol. The summed E-state index contributed by atoms with van der Waals surface area (Å²) in [7, 11) is 1.72. The lowest BCUT2D eigenvalue weighted by Crippen LogP contribution is -2.39. The van der Waals surface area contributed by atoms with E-state index in [0.717, 1.165) is 18.6 Å². The molecule has 0 atom stereocenters. The minimum Gasteiger partial charge on any atom is -0.467 e. The molecule has 0 bridgehead atoms. The predicted molar refractivity (Wildman–Crippen MR) is 61.7 cm³/mol. The van der Waals surface area contributed by atoms with Gasteiger partial charge >= 0.3 is 0 Å². The lowest BCUT2D eigenvalue weighted by molar-refractivity contribution is -0.138. The van der Waals surface area contributed by atoms with Gasteiger partial charge in [0.1, 0.15) is 11.2 Å². The zero-order chi connectivity index (χ0) is 12.3. The quantitative estimate of drug-likeness (QED) is 0.803. The summed E-state index contributed by atoms with van der Waals surface area (Å²) in [4.78, 5) is 13.9. The number of hydrogen-bond donors (Lipinski definition) is 0. The van der Waals surface area contributed by atoms with Crippen molar-refractivity contribution >= 4 is 5.91 Å². The Labute approximate surface area is 101 Å². The Morgan fingerprint density at radius 3 is 2.82 bits per heavy atom. The number of carbonyl (C=O) groups excluding carboxylic acids is 1. The van der Waals surface area contributed by atoms with Gasteiger partial charge in [0.2, 0.25) is 5.91 Å². The highest BCUT2D eigenvalue weighted by molar-refractivity contribution is 5.85. The summed E-state index contributed by atoms with van der Waals surface area (Å²) in [6.07, 6.45) is 4.89. The van der Waals surface area contributed by atoms with E-state index in [1.807, 2.05) is 6.07 Å². The minimum absolute atomic E-state index is 0.0751. The Bertz CT molecular complexity index is 425. The third-order valence-electron chi connectivity index (χ3n) is 3.40. The van der Waals surface area contributed by atoms with Gasteiger partial charge in [-0.1, -0.05) is 12.8 Å². The standard InChI is InChI=1S/C13H16N2O2/c1-15(9-11-5-4-8-17-11)12(16)13(10-14)6-2-3-7-13/h4-5,8H,2-3,6-7,9H2,1H3. The molecule has 4 heteroatoms. The maximum Gasteiger partial charge on any atom is 0.243 e. The Morgan fingerprint density at radius 1 is 1.59 bits per heavy atom. The van der Waals surface area contributed by atoms with E-state index in [-0.39, 0.29) is 5.91 Å². The van der Waals surface area contributed by atoms with Crippen molar-refractivity contribution in [3.8, 4) is 6.07 Å². The molecular formula is C13H16N2O2. The Morgan fingerprint density at radius 2 is 2.29 bits per heavy atom. The van der Waals surface area contributed by atoms with Crippen LogP contribution in [0.4, 0.5) is 0 Å². The van der Waals surface area contributed by atoms with Crippen LogP contribution in [0.25, 0.3) is 0 Å². The number of carbonyl (C=O) groups is 1. The molecule has 1 heterocycles. The largest absolute Gasteiger partial charge is 0.467 e. The Kier molecular flexibility index (Phi) is 3.19. The van der Waals surface area contributed by atoms with Gasteiger partial charge in [-0.3, -0.25) is 4.79 Å². The van der Waals surface area contributed by atoms with Gasteiger partial charge < -0.3 is 9.32 Å². The van der Waals surface area contributed by atoms with Crippen LogP contribution in [-0.4, -0.2) is 17.9 Å². The van der Waals surface area contributed by atoms with Crippen LogP contribution < -0.4 is 0 Å². The fourth-order valence-electron chi connectivity index (χ4n) is 2.43. The minimum atomic E-state index is -0.790. The molecule has 1 fully saturated rings. The van der Waals surface area contributed by atoms with E-state index in [1.165, 1.54) is 0 Å². The highest BCUT2D eigenvalue weighted by atomic mass is 16.3. The van der Waals surface area contributed by atoms with Crippen LogP contribution in [0.5, 0.6) is 0 Å². The van der Waals surface area contributed by atoms with Crippen molar-refractivity contribution in [2.24, 2.45) is 5.41 Å². The number of nitriles is 1. The zero-order valence-corrected chi connectivity index (χ0v) is 9.98. The van der Waals surface area contributed by atoms with Crippen molar-refractivity contribution in [2.75, 3.05) is 7.05 Å². The van der Waals surface area contributed by atoms with E-state index in [0.29, 0.717) is 19.4 Å². The molecule has 1 aliphatic carbocycles. The Hall–Kier alpha value is -1.76. The van der Waals surface area contributed by atoms with Crippen molar-refractivity contribution in [1.82, 2.24) is 4.90 Å². The summed E-state index contributed by atoms with van der Waals surface area (Å²) in [6, 6.07) is 5.84. The number of furan rings is 1. The van der Waals surface area contributed by atoms with E-state index in [4.69, 9.17) is 4.42 Å². The molecular weight excluding hydrogens is 216 g/mol. The molecule has 4 nitrogen and oxygen atoms in total. The first-order valence-electron chi connectivity index (χ1n) is 5.87. The van der Waals surface area contributed by atoms with Crippen LogP contribution in [0.3, 0.4) is 0 Å². The topological polar surface area (TPSA) is 57.2 Å². The fraction of sp³-hybridized carbons (Fsp3) is 0.538. The van der Waals surface area contributed by atoms with E-state index in [1.54, 1.807) is 24.3 Å².